The van der Waals surface area contributed by atoms with Gasteiger partial charge in [0.1, 0.15) is 5.02 Å². The van der Waals surface area contributed by atoms with Crippen molar-refractivity contribution in [3.63, 3.8) is 0 Å². The fourth-order valence-corrected chi connectivity index (χ4v) is 2.50. The summed E-state index contributed by atoms with van der Waals surface area (Å²) < 4.78 is 0. The maximum Gasteiger partial charge on any atom is 0.285 e. The number of piperidine rings is 1. The minimum atomic E-state index is -0.326. The molecule has 6 heteroatoms. The molecule has 0 aromatic carbocycles. The van der Waals surface area contributed by atoms with Gasteiger partial charge in [0.15, 0.2) is 0 Å². The SMILES string of the molecule is NCCC1CCN(c2cn[nH]c(=O)c2Cl)CC1. The highest BCUT2D eigenvalue weighted by Crippen LogP contribution is 2.27. The zero-order valence-corrected chi connectivity index (χ0v) is 10.4. The number of nitrogens with one attached hydrogen (secondary N) is 1. The molecule has 0 amide bonds. The van der Waals surface area contributed by atoms with Crippen molar-refractivity contribution in [2.24, 2.45) is 11.7 Å². The molecule has 5 nitrogen and oxygen atoms in total. The van der Waals surface area contributed by atoms with Gasteiger partial charge in [-0.3, -0.25) is 4.79 Å². The zero-order chi connectivity index (χ0) is 12.3. The van der Waals surface area contributed by atoms with Gasteiger partial charge in [-0.2, -0.15) is 5.10 Å². The van der Waals surface area contributed by atoms with Gasteiger partial charge >= 0.3 is 0 Å². The van der Waals surface area contributed by atoms with Gasteiger partial charge in [0.05, 0.1) is 11.9 Å². The summed E-state index contributed by atoms with van der Waals surface area (Å²) in [5.74, 6) is 0.699. The van der Waals surface area contributed by atoms with Crippen molar-refractivity contribution < 1.29 is 0 Å². The van der Waals surface area contributed by atoms with E-state index in [2.05, 4.69) is 15.1 Å². The van der Waals surface area contributed by atoms with E-state index in [4.69, 9.17) is 17.3 Å². The van der Waals surface area contributed by atoms with Crippen molar-refractivity contribution in [1.29, 1.82) is 0 Å². The molecule has 0 saturated carbocycles. The Hall–Kier alpha value is -1.07. The van der Waals surface area contributed by atoms with E-state index in [1.807, 2.05) is 0 Å². The van der Waals surface area contributed by atoms with E-state index >= 15 is 0 Å². The standard InChI is InChI=1S/C11H17ClN4O/c12-10-9(7-14-15-11(10)17)16-5-2-8(1-4-13)3-6-16/h7-8H,1-6,13H2,(H,15,17). The molecule has 1 aromatic rings. The molecule has 1 aromatic heterocycles. The van der Waals surface area contributed by atoms with Crippen molar-refractivity contribution in [2.75, 3.05) is 24.5 Å². The first-order chi connectivity index (χ1) is 8.22. The summed E-state index contributed by atoms with van der Waals surface area (Å²) in [6.45, 7) is 2.57. The quantitative estimate of drug-likeness (QED) is 0.846. The number of nitrogens with two attached hydrogens (primary N) is 1. The highest BCUT2D eigenvalue weighted by molar-refractivity contribution is 6.32. The normalized spacial score (nSPS) is 17.4. The molecule has 1 aliphatic heterocycles. The lowest BCUT2D eigenvalue weighted by molar-refractivity contribution is 0.386. The number of H-pyrrole nitrogens is 1. The van der Waals surface area contributed by atoms with E-state index in [1.54, 1.807) is 6.20 Å². The first-order valence-electron chi connectivity index (χ1n) is 5.90. The fraction of sp³-hybridized carbons (Fsp3) is 0.636. The molecular weight excluding hydrogens is 240 g/mol. The Bertz CT molecular complexity index is 426. The molecular formula is C11H17ClN4O. The fourth-order valence-electron chi connectivity index (χ4n) is 2.29. The summed E-state index contributed by atoms with van der Waals surface area (Å²) in [5.41, 5.74) is 5.97. The summed E-state index contributed by atoms with van der Waals surface area (Å²) >= 11 is 5.98. The number of halogens is 1. The Kier molecular flexibility index (Phi) is 4.02. The molecule has 2 heterocycles. The number of rotatable bonds is 3. The van der Waals surface area contributed by atoms with Crippen LogP contribution in [0, 0.1) is 5.92 Å². The largest absolute Gasteiger partial charge is 0.369 e. The predicted molar refractivity (Wildman–Crippen MR) is 68.5 cm³/mol. The first kappa shape index (κ1) is 12.4. The van der Waals surface area contributed by atoms with Crippen LogP contribution in [0.15, 0.2) is 11.0 Å². The molecule has 0 bridgehead atoms. The molecule has 0 aliphatic carbocycles. The predicted octanol–water partition coefficient (Wildman–Crippen LogP) is 0.989. The summed E-state index contributed by atoms with van der Waals surface area (Å²) in [7, 11) is 0. The van der Waals surface area contributed by atoms with E-state index in [0.717, 1.165) is 44.6 Å². The smallest absolute Gasteiger partial charge is 0.285 e. The van der Waals surface area contributed by atoms with Crippen molar-refractivity contribution in [3.8, 4) is 0 Å². The van der Waals surface area contributed by atoms with Gasteiger partial charge in [-0.15, -0.1) is 0 Å². The van der Waals surface area contributed by atoms with Crippen LogP contribution in [0.2, 0.25) is 5.02 Å². The summed E-state index contributed by atoms with van der Waals surface area (Å²) in [6.07, 6.45) is 4.89. The molecule has 0 radical (unpaired) electrons. The van der Waals surface area contributed by atoms with Crippen molar-refractivity contribution >= 4 is 17.3 Å². The minimum Gasteiger partial charge on any atom is -0.369 e. The minimum absolute atomic E-state index is 0.234. The number of hydrogen-bond donors (Lipinski definition) is 2. The number of nitrogens with zero attached hydrogens (tertiary/aromatic N) is 2. The van der Waals surface area contributed by atoms with Gasteiger partial charge in [-0.1, -0.05) is 11.6 Å². The third kappa shape index (κ3) is 2.79. The van der Waals surface area contributed by atoms with Crippen molar-refractivity contribution in [2.45, 2.75) is 19.3 Å². The summed E-state index contributed by atoms with van der Waals surface area (Å²) in [5, 5.41) is 6.35. The Labute approximate surface area is 105 Å². The number of anilines is 1. The lowest BCUT2D eigenvalue weighted by atomic mass is 9.93. The average Bonchev–Trinajstić information content (AvgIpc) is 2.34. The molecule has 1 saturated heterocycles. The highest BCUT2D eigenvalue weighted by Gasteiger charge is 2.21. The van der Waals surface area contributed by atoms with E-state index in [-0.39, 0.29) is 10.6 Å². The molecule has 0 atom stereocenters. The summed E-state index contributed by atoms with van der Waals surface area (Å²) in [4.78, 5) is 13.5. The van der Waals surface area contributed by atoms with Crippen LogP contribution in [0.3, 0.4) is 0 Å². The van der Waals surface area contributed by atoms with Crippen LogP contribution in [0.5, 0.6) is 0 Å². The van der Waals surface area contributed by atoms with Gasteiger partial charge in [0.2, 0.25) is 0 Å². The number of hydrogen-bond acceptors (Lipinski definition) is 4. The Morgan fingerprint density at radius 2 is 2.24 bits per heavy atom. The first-order valence-corrected chi connectivity index (χ1v) is 6.28. The maximum absolute atomic E-state index is 11.4. The van der Waals surface area contributed by atoms with Crippen LogP contribution in [0.1, 0.15) is 19.3 Å². The highest BCUT2D eigenvalue weighted by atomic mass is 35.5. The molecule has 3 N–H and O–H groups in total. The van der Waals surface area contributed by atoms with Gasteiger partial charge < -0.3 is 10.6 Å². The van der Waals surface area contributed by atoms with Crippen molar-refractivity contribution in [3.05, 3.63) is 21.6 Å². The van der Waals surface area contributed by atoms with Gasteiger partial charge in [0.25, 0.3) is 5.56 Å². The van der Waals surface area contributed by atoms with Crippen LogP contribution >= 0.6 is 11.6 Å². The monoisotopic (exact) mass is 256 g/mol. The second-order valence-corrected chi connectivity index (χ2v) is 4.78. The second-order valence-electron chi connectivity index (χ2n) is 4.41. The lowest BCUT2D eigenvalue weighted by Crippen LogP contribution is -2.35. The van der Waals surface area contributed by atoms with Crippen LogP contribution < -0.4 is 16.2 Å². The third-order valence-electron chi connectivity index (χ3n) is 3.31. The van der Waals surface area contributed by atoms with Crippen LogP contribution in [0.4, 0.5) is 5.69 Å². The van der Waals surface area contributed by atoms with E-state index < -0.39 is 0 Å². The van der Waals surface area contributed by atoms with Crippen molar-refractivity contribution in [1.82, 2.24) is 10.2 Å². The molecule has 1 fully saturated rings. The summed E-state index contributed by atoms with van der Waals surface area (Å²) in [6, 6.07) is 0. The van der Waals surface area contributed by atoms with Crippen LogP contribution in [0.25, 0.3) is 0 Å². The Morgan fingerprint density at radius 1 is 1.53 bits per heavy atom. The zero-order valence-electron chi connectivity index (χ0n) is 9.66. The number of aromatic amines is 1. The number of aromatic nitrogens is 2. The third-order valence-corrected chi connectivity index (χ3v) is 3.67. The van der Waals surface area contributed by atoms with Gasteiger partial charge in [-0.25, -0.2) is 5.10 Å². The topological polar surface area (TPSA) is 75.0 Å². The molecule has 0 unspecified atom stereocenters. The second kappa shape index (κ2) is 5.51. The average molecular weight is 257 g/mol. The molecule has 2 rings (SSSR count). The Balaban J connectivity index is 2.05. The van der Waals surface area contributed by atoms with Gasteiger partial charge in [-0.05, 0) is 31.7 Å². The van der Waals surface area contributed by atoms with Crippen LogP contribution in [-0.4, -0.2) is 29.8 Å². The van der Waals surface area contributed by atoms with E-state index in [9.17, 15) is 4.79 Å². The molecule has 17 heavy (non-hydrogen) atoms. The van der Waals surface area contributed by atoms with Gasteiger partial charge in [0, 0.05) is 13.1 Å². The van der Waals surface area contributed by atoms with E-state index in [1.165, 1.54) is 0 Å². The van der Waals surface area contributed by atoms with E-state index in [0.29, 0.717) is 5.92 Å². The Morgan fingerprint density at radius 3 is 2.88 bits per heavy atom. The van der Waals surface area contributed by atoms with Crippen LogP contribution in [-0.2, 0) is 0 Å². The molecule has 94 valence electrons. The molecule has 0 spiro atoms. The molecule has 1 aliphatic rings. The maximum atomic E-state index is 11.4. The lowest BCUT2D eigenvalue weighted by Gasteiger charge is -2.33.